The molecule has 1 N–H and O–H groups in total. The van der Waals surface area contributed by atoms with Crippen molar-refractivity contribution in [1.29, 1.82) is 0 Å². The number of hydrogen-bond acceptors (Lipinski definition) is 3. The topological polar surface area (TPSA) is 46.5 Å². The average molecular weight is 200 g/mol. The number of rotatable bonds is 6. The summed E-state index contributed by atoms with van der Waals surface area (Å²) in [6.45, 7) is 8.75. The fourth-order valence-corrected chi connectivity index (χ4v) is 1.20. The van der Waals surface area contributed by atoms with Crippen molar-refractivity contribution in [2.45, 2.75) is 52.2 Å². The van der Waals surface area contributed by atoms with Gasteiger partial charge in [-0.05, 0) is 38.7 Å². The van der Waals surface area contributed by atoms with Gasteiger partial charge in [0.25, 0.3) is 0 Å². The molecule has 0 bridgehead atoms. The molecule has 0 aliphatic heterocycles. The second kappa shape index (κ2) is 6.60. The second-order valence-electron chi connectivity index (χ2n) is 3.72. The SMILES string of the molecule is C=C(C)C(CCCC(C)O)OC(C)=O. The molecule has 2 atom stereocenters. The van der Waals surface area contributed by atoms with Crippen molar-refractivity contribution >= 4 is 5.97 Å². The standard InChI is InChI=1S/C11H20O3/c1-8(2)11(14-10(4)13)7-5-6-9(3)12/h9,11-12H,1,5-7H2,2-4H3. The summed E-state index contributed by atoms with van der Waals surface area (Å²) in [6.07, 6.45) is 1.80. The van der Waals surface area contributed by atoms with Crippen molar-refractivity contribution < 1.29 is 14.6 Å². The summed E-state index contributed by atoms with van der Waals surface area (Å²) in [6, 6.07) is 0. The molecule has 0 saturated heterocycles. The zero-order valence-electron chi connectivity index (χ0n) is 9.25. The molecule has 0 spiro atoms. The van der Waals surface area contributed by atoms with Crippen molar-refractivity contribution in [1.82, 2.24) is 0 Å². The predicted molar refractivity (Wildman–Crippen MR) is 55.9 cm³/mol. The summed E-state index contributed by atoms with van der Waals surface area (Å²) >= 11 is 0. The lowest BCUT2D eigenvalue weighted by atomic mass is 10.0. The van der Waals surface area contributed by atoms with Crippen LogP contribution >= 0.6 is 0 Å². The Kier molecular flexibility index (Phi) is 6.21. The van der Waals surface area contributed by atoms with E-state index in [-0.39, 0.29) is 18.2 Å². The molecule has 0 aliphatic rings. The van der Waals surface area contributed by atoms with E-state index in [4.69, 9.17) is 9.84 Å². The number of hydrogen-bond donors (Lipinski definition) is 1. The predicted octanol–water partition coefficient (Wildman–Crippen LogP) is 2.05. The van der Waals surface area contributed by atoms with E-state index in [2.05, 4.69) is 6.58 Å². The lowest BCUT2D eigenvalue weighted by molar-refractivity contribution is -0.144. The number of ether oxygens (including phenoxy) is 1. The quantitative estimate of drug-likeness (QED) is 0.527. The van der Waals surface area contributed by atoms with Crippen LogP contribution in [0.3, 0.4) is 0 Å². The molecular weight excluding hydrogens is 180 g/mol. The van der Waals surface area contributed by atoms with Crippen LogP contribution in [0.2, 0.25) is 0 Å². The van der Waals surface area contributed by atoms with E-state index in [0.717, 1.165) is 24.8 Å². The van der Waals surface area contributed by atoms with Crippen molar-refractivity contribution in [3.8, 4) is 0 Å². The van der Waals surface area contributed by atoms with Gasteiger partial charge in [-0.15, -0.1) is 0 Å². The van der Waals surface area contributed by atoms with Gasteiger partial charge in [-0.25, -0.2) is 0 Å². The molecule has 0 aromatic rings. The normalized spacial score (nSPS) is 14.6. The Morgan fingerprint density at radius 2 is 2.00 bits per heavy atom. The molecule has 0 saturated carbocycles. The first-order valence-corrected chi connectivity index (χ1v) is 4.94. The first-order chi connectivity index (χ1) is 6.43. The minimum absolute atomic E-state index is 0.203. The molecule has 0 aromatic carbocycles. The van der Waals surface area contributed by atoms with Gasteiger partial charge in [0.1, 0.15) is 6.10 Å². The summed E-state index contributed by atoms with van der Waals surface area (Å²) < 4.78 is 5.07. The molecule has 2 unspecified atom stereocenters. The Labute approximate surface area is 85.8 Å². The first kappa shape index (κ1) is 13.2. The van der Waals surface area contributed by atoms with E-state index in [1.807, 2.05) is 6.92 Å². The third-order valence-electron chi connectivity index (χ3n) is 1.95. The maximum atomic E-state index is 10.7. The summed E-state index contributed by atoms with van der Waals surface area (Å²) in [7, 11) is 0. The number of aliphatic hydroxyl groups excluding tert-OH is 1. The van der Waals surface area contributed by atoms with Crippen LogP contribution in [0.15, 0.2) is 12.2 Å². The Balaban J connectivity index is 3.86. The van der Waals surface area contributed by atoms with Crippen molar-refractivity contribution in [3.63, 3.8) is 0 Å². The van der Waals surface area contributed by atoms with Crippen LogP contribution in [0.5, 0.6) is 0 Å². The molecule has 0 heterocycles. The highest BCUT2D eigenvalue weighted by molar-refractivity contribution is 5.66. The van der Waals surface area contributed by atoms with E-state index in [9.17, 15) is 4.79 Å². The number of esters is 1. The second-order valence-corrected chi connectivity index (χ2v) is 3.72. The van der Waals surface area contributed by atoms with E-state index in [0.29, 0.717) is 0 Å². The zero-order chi connectivity index (χ0) is 11.1. The van der Waals surface area contributed by atoms with E-state index in [1.54, 1.807) is 6.92 Å². The Bertz CT molecular complexity index is 197. The molecule has 3 heteroatoms. The van der Waals surface area contributed by atoms with Crippen LogP contribution < -0.4 is 0 Å². The highest BCUT2D eigenvalue weighted by atomic mass is 16.5. The Morgan fingerprint density at radius 3 is 2.36 bits per heavy atom. The number of carbonyl (C=O) groups is 1. The van der Waals surface area contributed by atoms with Gasteiger partial charge in [0.15, 0.2) is 0 Å². The Morgan fingerprint density at radius 1 is 1.43 bits per heavy atom. The van der Waals surface area contributed by atoms with Crippen molar-refractivity contribution in [2.24, 2.45) is 0 Å². The number of carbonyl (C=O) groups excluding carboxylic acids is 1. The molecule has 0 aromatic heterocycles. The summed E-state index contributed by atoms with van der Waals surface area (Å²) in [5, 5.41) is 9.06. The molecule has 0 fully saturated rings. The van der Waals surface area contributed by atoms with E-state index < -0.39 is 0 Å². The van der Waals surface area contributed by atoms with E-state index in [1.165, 1.54) is 6.92 Å². The van der Waals surface area contributed by atoms with Crippen molar-refractivity contribution in [3.05, 3.63) is 12.2 Å². The molecule has 0 aliphatic carbocycles. The van der Waals surface area contributed by atoms with E-state index >= 15 is 0 Å². The van der Waals surface area contributed by atoms with Gasteiger partial charge in [0.05, 0.1) is 6.10 Å². The third kappa shape index (κ3) is 6.66. The van der Waals surface area contributed by atoms with Crippen LogP contribution in [0.25, 0.3) is 0 Å². The lowest BCUT2D eigenvalue weighted by Gasteiger charge is -2.17. The maximum absolute atomic E-state index is 10.7. The highest BCUT2D eigenvalue weighted by Crippen LogP contribution is 2.13. The zero-order valence-corrected chi connectivity index (χ0v) is 9.25. The van der Waals surface area contributed by atoms with Gasteiger partial charge in [0.2, 0.25) is 0 Å². The average Bonchev–Trinajstić information content (AvgIpc) is 2.00. The Hall–Kier alpha value is -0.830. The largest absolute Gasteiger partial charge is 0.458 e. The van der Waals surface area contributed by atoms with Crippen LogP contribution in [-0.4, -0.2) is 23.3 Å². The fourth-order valence-electron chi connectivity index (χ4n) is 1.20. The molecular formula is C11H20O3. The molecule has 0 radical (unpaired) electrons. The van der Waals surface area contributed by atoms with Gasteiger partial charge in [-0.2, -0.15) is 0 Å². The lowest BCUT2D eigenvalue weighted by Crippen LogP contribution is -2.17. The first-order valence-electron chi connectivity index (χ1n) is 4.94. The number of aliphatic hydroxyl groups is 1. The van der Waals surface area contributed by atoms with Gasteiger partial charge in [-0.1, -0.05) is 6.58 Å². The third-order valence-corrected chi connectivity index (χ3v) is 1.95. The maximum Gasteiger partial charge on any atom is 0.303 e. The minimum Gasteiger partial charge on any atom is -0.458 e. The summed E-state index contributed by atoms with van der Waals surface area (Å²) in [5.74, 6) is -0.282. The highest BCUT2D eigenvalue weighted by Gasteiger charge is 2.12. The molecule has 82 valence electrons. The van der Waals surface area contributed by atoms with Crippen LogP contribution in [0.1, 0.15) is 40.0 Å². The van der Waals surface area contributed by atoms with Gasteiger partial charge in [0, 0.05) is 6.92 Å². The van der Waals surface area contributed by atoms with Gasteiger partial charge >= 0.3 is 5.97 Å². The van der Waals surface area contributed by atoms with Crippen LogP contribution in [0, 0.1) is 0 Å². The molecule has 0 rings (SSSR count). The van der Waals surface area contributed by atoms with Gasteiger partial charge < -0.3 is 9.84 Å². The van der Waals surface area contributed by atoms with Crippen LogP contribution in [0.4, 0.5) is 0 Å². The fraction of sp³-hybridized carbons (Fsp3) is 0.727. The summed E-state index contributed by atoms with van der Waals surface area (Å²) in [4.78, 5) is 10.7. The van der Waals surface area contributed by atoms with Crippen molar-refractivity contribution in [2.75, 3.05) is 0 Å². The minimum atomic E-state index is -0.293. The monoisotopic (exact) mass is 200 g/mol. The molecule has 0 amide bonds. The van der Waals surface area contributed by atoms with Gasteiger partial charge in [-0.3, -0.25) is 4.79 Å². The smallest absolute Gasteiger partial charge is 0.303 e. The molecule has 3 nitrogen and oxygen atoms in total. The summed E-state index contributed by atoms with van der Waals surface area (Å²) in [5.41, 5.74) is 0.853. The molecule has 14 heavy (non-hydrogen) atoms. The van der Waals surface area contributed by atoms with Crippen LogP contribution in [-0.2, 0) is 9.53 Å².